The van der Waals surface area contributed by atoms with E-state index in [-0.39, 0.29) is 10.8 Å². The Morgan fingerprint density at radius 1 is 0.786 bits per heavy atom. The van der Waals surface area contributed by atoms with Crippen molar-refractivity contribution in [1.82, 2.24) is 19.9 Å². The highest BCUT2D eigenvalue weighted by molar-refractivity contribution is 5.77. The van der Waals surface area contributed by atoms with Gasteiger partial charge in [0.05, 0.1) is 22.1 Å². The fourth-order valence-electron chi connectivity index (χ4n) is 3.58. The minimum Gasteiger partial charge on any atom is -0.342 e. The van der Waals surface area contributed by atoms with Crippen molar-refractivity contribution in [2.24, 2.45) is 0 Å². The van der Waals surface area contributed by atoms with E-state index in [9.17, 15) is 0 Å². The predicted molar refractivity (Wildman–Crippen MR) is 117 cm³/mol. The Labute approximate surface area is 166 Å². The molecular formula is C24H30N4. The lowest BCUT2D eigenvalue weighted by molar-refractivity contribution is 0.456. The van der Waals surface area contributed by atoms with Crippen LogP contribution in [0.2, 0.25) is 0 Å². The first-order chi connectivity index (χ1) is 13.1. The van der Waals surface area contributed by atoms with E-state index in [1.54, 1.807) is 0 Å². The summed E-state index contributed by atoms with van der Waals surface area (Å²) in [7, 11) is 0. The van der Waals surface area contributed by atoms with Gasteiger partial charge in [0.2, 0.25) is 0 Å². The average molecular weight is 375 g/mol. The van der Waals surface area contributed by atoms with Crippen molar-refractivity contribution in [3.05, 3.63) is 59.2 Å². The van der Waals surface area contributed by atoms with Crippen molar-refractivity contribution in [2.45, 2.75) is 65.2 Å². The molecule has 2 N–H and O–H groups in total. The van der Waals surface area contributed by atoms with Gasteiger partial charge in [-0.3, -0.25) is 0 Å². The third-order valence-electron chi connectivity index (χ3n) is 5.57. The van der Waals surface area contributed by atoms with Gasteiger partial charge in [-0.15, -0.1) is 0 Å². The summed E-state index contributed by atoms with van der Waals surface area (Å²) in [5.41, 5.74) is 6.91. The molecule has 2 aromatic carbocycles. The van der Waals surface area contributed by atoms with E-state index in [0.29, 0.717) is 0 Å². The van der Waals surface area contributed by atoms with Gasteiger partial charge in [0.15, 0.2) is 0 Å². The summed E-state index contributed by atoms with van der Waals surface area (Å²) in [6.45, 7) is 13.2. The maximum Gasteiger partial charge on any atom is 0.112 e. The van der Waals surface area contributed by atoms with Crippen LogP contribution in [0.15, 0.2) is 36.4 Å². The van der Waals surface area contributed by atoms with Crippen molar-refractivity contribution in [1.29, 1.82) is 0 Å². The van der Waals surface area contributed by atoms with Gasteiger partial charge in [0.1, 0.15) is 11.6 Å². The van der Waals surface area contributed by atoms with Crippen molar-refractivity contribution in [2.75, 3.05) is 0 Å². The maximum absolute atomic E-state index is 4.87. The molecule has 0 spiro atoms. The first-order valence-corrected chi connectivity index (χ1v) is 10.1. The fraction of sp³-hybridized carbons (Fsp3) is 0.417. The van der Waals surface area contributed by atoms with E-state index in [0.717, 1.165) is 46.6 Å². The molecule has 2 heterocycles. The summed E-state index contributed by atoms with van der Waals surface area (Å²) in [4.78, 5) is 16.6. The largest absolute Gasteiger partial charge is 0.342 e. The molecule has 4 heteroatoms. The van der Waals surface area contributed by atoms with Crippen LogP contribution in [-0.4, -0.2) is 19.9 Å². The number of H-pyrrole nitrogens is 2. The molecule has 0 saturated carbocycles. The number of rotatable bonds is 4. The Hall–Kier alpha value is -2.62. The van der Waals surface area contributed by atoms with Gasteiger partial charge in [0.25, 0.3) is 0 Å². The standard InChI is InChI=1S/C24H30N4/c1-15-7-9-17-19(13-15)28-22(26-17)24(5,6)12-11-16-8-10-18-20(14-16)27-21(25-18)23(2,3)4/h7-10,13-14H,11-12H2,1-6H3,(H,25,27)(H,26,28). The van der Waals surface area contributed by atoms with Crippen LogP contribution in [0.1, 0.15) is 63.8 Å². The number of fused-ring (bicyclic) bond motifs is 2. The molecule has 0 radical (unpaired) electrons. The molecule has 4 rings (SSSR count). The van der Waals surface area contributed by atoms with Crippen LogP contribution in [0, 0.1) is 6.92 Å². The zero-order valence-corrected chi connectivity index (χ0v) is 17.8. The monoisotopic (exact) mass is 374 g/mol. The highest BCUT2D eigenvalue weighted by atomic mass is 14.9. The third kappa shape index (κ3) is 3.56. The van der Waals surface area contributed by atoms with E-state index in [1.807, 2.05) is 0 Å². The summed E-state index contributed by atoms with van der Waals surface area (Å²) < 4.78 is 0. The third-order valence-corrected chi connectivity index (χ3v) is 5.57. The minimum atomic E-state index is -0.0214. The minimum absolute atomic E-state index is 0.0214. The van der Waals surface area contributed by atoms with Crippen LogP contribution in [-0.2, 0) is 17.3 Å². The highest BCUT2D eigenvalue weighted by Gasteiger charge is 2.24. The number of nitrogens with zero attached hydrogens (tertiary/aromatic N) is 2. The molecule has 0 unspecified atom stereocenters. The van der Waals surface area contributed by atoms with E-state index >= 15 is 0 Å². The molecule has 0 fully saturated rings. The van der Waals surface area contributed by atoms with Crippen LogP contribution in [0.3, 0.4) is 0 Å². The lowest BCUT2D eigenvalue weighted by Crippen LogP contribution is -2.20. The number of aromatic amines is 2. The summed E-state index contributed by atoms with van der Waals surface area (Å²) in [5, 5.41) is 0. The fourth-order valence-corrected chi connectivity index (χ4v) is 3.58. The second kappa shape index (κ2) is 6.47. The maximum atomic E-state index is 4.87. The van der Waals surface area contributed by atoms with Crippen molar-refractivity contribution in [3.63, 3.8) is 0 Å². The number of imidazole rings is 2. The molecule has 146 valence electrons. The molecule has 4 nitrogen and oxygen atoms in total. The Bertz CT molecular complexity index is 1140. The smallest absolute Gasteiger partial charge is 0.112 e. The Morgan fingerprint density at radius 2 is 1.50 bits per heavy atom. The van der Waals surface area contributed by atoms with Crippen molar-refractivity contribution < 1.29 is 0 Å². The number of hydrogen-bond donors (Lipinski definition) is 2. The zero-order valence-electron chi connectivity index (χ0n) is 17.8. The van der Waals surface area contributed by atoms with E-state index in [4.69, 9.17) is 9.97 Å². The summed E-state index contributed by atoms with van der Waals surface area (Å²) >= 11 is 0. The lowest BCUT2D eigenvalue weighted by atomic mass is 9.85. The second-order valence-corrected chi connectivity index (χ2v) is 9.68. The Kier molecular flexibility index (Phi) is 4.33. The van der Waals surface area contributed by atoms with Gasteiger partial charge < -0.3 is 9.97 Å². The second-order valence-electron chi connectivity index (χ2n) is 9.68. The average Bonchev–Trinajstić information content (AvgIpc) is 3.23. The van der Waals surface area contributed by atoms with E-state index in [1.165, 1.54) is 11.1 Å². The van der Waals surface area contributed by atoms with Crippen LogP contribution in [0.5, 0.6) is 0 Å². The molecule has 0 bridgehead atoms. The normalized spacial score (nSPS) is 12.9. The number of aromatic nitrogens is 4. The molecule has 0 amide bonds. The number of nitrogens with one attached hydrogen (secondary N) is 2. The molecule has 2 aromatic heterocycles. The van der Waals surface area contributed by atoms with Gasteiger partial charge in [0, 0.05) is 10.8 Å². The van der Waals surface area contributed by atoms with Crippen LogP contribution >= 0.6 is 0 Å². The topological polar surface area (TPSA) is 57.4 Å². The quantitative estimate of drug-likeness (QED) is 0.463. The molecule has 4 aromatic rings. The van der Waals surface area contributed by atoms with E-state index in [2.05, 4.69) is 87.9 Å². The molecular weight excluding hydrogens is 344 g/mol. The first-order valence-electron chi connectivity index (χ1n) is 10.1. The number of aryl methyl sites for hydroxylation is 2. The Morgan fingerprint density at radius 3 is 2.25 bits per heavy atom. The van der Waals surface area contributed by atoms with Crippen LogP contribution in [0.25, 0.3) is 22.1 Å². The summed E-state index contributed by atoms with van der Waals surface area (Å²) in [6.07, 6.45) is 2.03. The molecule has 0 aliphatic carbocycles. The summed E-state index contributed by atoms with van der Waals surface area (Å²) in [5.74, 6) is 2.10. The number of hydrogen-bond acceptors (Lipinski definition) is 2. The summed E-state index contributed by atoms with van der Waals surface area (Å²) in [6, 6.07) is 13.0. The lowest BCUT2D eigenvalue weighted by Gasteiger charge is -2.22. The van der Waals surface area contributed by atoms with Gasteiger partial charge in [-0.05, 0) is 55.2 Å². The highest BCUT2D eigenvalue weighted by Crippen LogP contribution is 2.29. The molecule has 0 aliphatic rings. The van der Waals surface area contributed by atoms with E-state index < -0.39 is 0 Å². The van der Waals surface area contributed by atoms with Gasteiger partial charge >= 0.3 is 0 Å². The molecule has 0 saturated heterocycles. The first kappa shape index (κ1) is 18.7. The zero-order chi connectivity index (χ0) is 20.1. The van der Waals surface area contributed by atoms with Gasteiger partial charge in [-0.1, -0.05) is 46.8 Å². The predicted octanol–water partition coefficient (Wildman–Crippen LogP) is 5.96. The Balaban J connectivity index is 1.55. The van der Waals surface area contributed by atoms with Gasteiger partial charge in [-0.25, -0.2) is 9.97 Å². The van der Waals surface area contributed by atoms with Crippen molar-refractivity contribution >= 4 is 22.1 Å². The van der Waals surface area contributed by atoms with Crippen LogP contribution in [0.4, 0.5) is 0 Å². The van der Waals surface area contributed by atoms with Gasteiger partial charge in [-0.2, -0.15) is 0 Å². The SMILES string of the molecule is Cc1ccc2[nH]c(C(C)(C)CCc3ccc4nc(C(C)(C)C)[nH]c4c3)nc2c1. The molecule has 28 heavy (non-hydrogen) atoms. The molecule has 0 atom stereocenters. The number of benzene rings is 2. The van der Waals surface area contributed by atoms with Crippen LogP contribution < -0.4 is 0 Å². The van der Waals surface area contributed by atoms with Crippen molar-refractivity contribution in [3.8, 4) is 0 Å². The molecule has 0 aliphatic heterocycles.